The second kappa shape index (κ2) is 4.80. The minimum Gasteiger partial charge on any atom is -0.469 e. The monoisotopic (exact) mass is 347 g/mol. The molecule has 1 aromatic carbocycles. The van der Waals surface area contributed by atoms with E-state index in [1.54, 1.807) is 6.26 Å². The maximum Gasteiger partial charge on any atom is 0.323 e. The zero-order valence-corrected chi connectivity index (χ0v) is 12.8. The third-order valence-electron chi connectivity index (χ3n) is 3.99. The smallest absolute Gasteiger partial charge is 0.323 e. The molecule has 2 aromatic heterocycles. The van der Waals surface area contributed by atoms with Gasteiger partial charge in [0, 0.05) is 16.5 Å². The highest BCUT2D eigenvalue weighted by molar-refractivity contribution is 9.10. The molecule has 0 fully saturated rings. The van der Waals surface area contributed by atoms with Gasteiger partial charge in [-0.15, -0.1) is 0 Å². The van der Waals surface area contributed by atoms with Crippen LogP contribution >= 0.6 is 15.9 Å². The van der Waals surface area contributed by atoms with Gasteiger partial charge in [-0.25, -0.2) is 4.79 Å². The van der Waals surface area contributed by atoms with Crippen molar-refractivity contribution >= 4 is 32.7 Å². The van der Waals surface area contributed by atoms with E-state index < -0.39 is 0 Å². The summed E-state index contributed by atoms with van der Waals surface area (Å²) in [6.45, 7) is 0. The summed E-state index contributed by atoms with van der Waals surface area (Å²) >= 11 is 3.56. The maximum atomic E-state index is 11.4. The molecule has 1 atom stereocenters. The number of H-pyrrole nitrogens is 2. The van der Waals surface area contributed by atoms with Crippen LogP contribution in [0.1, 0.15) is 30.2 Å². The molecule has 108 valence electrons. The zero-order chi connectivity index (χ0) is 14.4. The number of rotatable bonds is 2. The molecule has 1 aliphatic rings. The Morgan fingerprint density at radius 2 is 2.10 bits per heavy atom. The van der Waals surface area contributed by atoms with Crippen molar-refractivity contribution in [3.8, 4) is 0 Å². The van der Waals surface area contributed by atoms with Crippen molar-refractivity contribution in [1.29, 1.82) is 0 Å². The number of hydrogen-bond donors (Lipinski definition) is 3. The fourth-order valence-electron chi connectivity index (χ4n) is 2.99. The highest BCUT2D eigenvalue weighted by Crippen LogP contribution is 2.36. The van der Waals surface area contributed by atoms with E-state index in [0.29, 0.717) is 0 Å². The first-order valence-electron chi connectivity index (χ1n) is 6.95. The molecule has 0 bridgehead atoms. The molecule has 1 unspecified atom stereocenters. The van der Waals surface area contributed by atoms with E-state index in [1.165, 1.54) is 5.56 Å². The summed E-state index contributed by atoms with van der Waals surface area (Å²) in [5, 5.41) is 3.55. The van der Waals surface area contributed by atoms with Gasteiger partial charge in [-0.05, 0) is 47.0 Å². The average molecular weight is 348 g/mol. The van der Waals surface area contributed by atoms with E-state index in [2.05, 4.69) is 31.2 Å². The van der Waals surface area contributed by atoms with Crippen LogP contribution in [0.3, 0.4) is 0 Å². The zero-order valence-electron chi connectivity index (χ0n) is 11.2. The van der Waals surface area contributed by atoms with Crippen LogP contribution in [0.4, 0.5) is 5.69 Å². The van der Waals surface area contributed by atoms with Crippen molar-refractivity contribution in [2.45, 2.75) is 25.3 Å². The largest absolute Gasteiger partial charge is 0.469 e. The molecule has 1 aliphatic carbocycles. The Kier molecular flexibility index (Phi) is 2.92. The predicted molar refractivity (Wildman–Crippen MR) is 84.6 cm³/mol. The molecule has 5 nitrogen and oxygen atoms in total. The van der Waals surface area contributed by atoms with Crippen molar-refractivity contribution in [1.82, 2.24) is 9.97 Å². The van der Waals surface area contributed by atoms with Crippen LogP contribution < -0.4 is 11.0 Å². The fraction of sp³-hybridized carbons (Fsp3) is 0.267. The first-order chi connectivity index (χ1) is 10.2. The highest BCUT2D eigenvalue weighted by atomic mass is 79.9. The summed E-state index contributed by atoms with van der Waals surface area (Å²) in [6.07, 6.45) is 4.94. The highest BCUT2D eigenvalue weighted by Gasteiger charge is 2.23. The maximum absolute atomic E-state index is 11.4. The van der Waals surface area contributed by atoms with Gasteiger partial charge in [0.25, 0.3) is 0 Å². The molecule has 0 aliphatic heterocycles. The molecule has 0 amide bonds. The number of benzene rings is 1. The van der Waals surface area contributed by atoms with Gasteiger partial charge in [-0.2, -0.15) is 0 Å². The van der Waals surface area contributed by atoms with E-state index in [9.17, 15) is 4.79 Å². The Bertz CT molecular complexity index is 861. The van der Waals surface area contributed by atoms with Crippen LogP contribution in [-0.4, -0.2) is 9.97 Å². The van der Waals surface area contributed by atoms with Gasteiger partial charge in [-0.1, -0.05) is 0 Å². The van der Waals surface area contributed by atoms with E-state index in [1.807, 2.05) is 18.2 Å². The molecule has 0 saturated carbocycles. The standard InChI is InChI=1S/C15H14BrN3O2/c16-9-6-12-13(19-15(20)18-12)7-11(9)17-10-2-1-3-14-8(10)4-5-21-14/h4-7,10,17H,1-3H2,(H2,18,19,20). The number of aryl methyl sites for hydroxylation is 1. The molecule has 3 aromatic rings. The van der Waals surface area contributed by atoms with Crippen molar-refractivity contribution in [3.63, 3.8) is 0 Å². The quantitative estimate of drug-likeness (QED) is 0.661. The molecule has 21 heavy (non-hydrogen) atoms. The first kappa shape index (κ1) is 12.8. The molecule has 2 heterocycles. The van der Waals surface area contributed by atoms with E-state index in [4.69, 9.17) is 4.42 Å². The lowest BCUT2D eigenvalue weighted by atomic mass is 9.93. The minimum atomic E-state index is -0.191. The molecule has 0 radical (unpaired) electrons. The van der Waals surface area contributed by atoms with Crippen LogP contribution in [0.5, 0.6) is 0 Å². The fourth-order valence-corrected chi connectivity index (χ4v) is 3.45. The SMILES string of the molecule is O=c1[nH]c2cc(Br)c(NC3CCCc4occc43)cc2[nH]1. The van der Waals surface area contributed by atoms with Gasteiger partial charge in [0.1, 0.15) is 5.76 Å². The molecular formula is C15H14BrN3O2. The van der Waals surface area contributed by atoms with Crippen LogP contribution in [0, 0.1) is 0 Å². The minimum absolute atomic E-state index is 0.191. The Morgan fingerprint density at radius 3 is 2.95 bits per heavy atom. The number of nitrogens with one attached hydrogen (secondary N) is 3. The molecule has 0 spiro atoms. The van der Waals surface area contributed by atoms with Crippen molar-refractivity contribution in [2.24, 2.45) is 0 Å². The van der Waals surface area contributed by atoms with Crippen molar-refractivity contribution < 1.29 is 4.42 Å². The van der Waals surface area contributed by atoms with Gasteiger partial charge in [0.2, 0.25) is 0 Å². The van der Waals surface area contributed by atoms with Crippen LogP contribution in [0.2, 0.25) is 0 Å². The Labute approximate surface area is 128 Å². The second-order valence-corrected chi connectivity index (χ2v) is 6.20. The van der Waals surface area contributed by atoms with Crippen LogP contribution in [0.15, 0.2) is 38.1 Å². The van der Waals surface area contributed by atoms with Gasteiger partial charge < -0.3 is 19.7 Å². The molecule has 0 saturated heterocycles. The molecule has 4 rings (SSSR count). The van der Waals surface area contributed by atoms with Gasteiger partial charge >= 0.3 is 5.69 Å². The lowest BCUT2D eigenvalue weighted by Crippen LogP contribution is -2.16. The van der Waals surface area contributed by atoms with Crippen LogP contribution in [-0.2, 0) is 6.42 Å². The Balaban J connectivity index is 1.72. The molecule has 3 N–H and O–H groups in total. The normalized spacial score (nSPS) is 17.9. The van der Waals surface area contributed by atoms with E-state index in [0.717, 1.165) is 46.2 Å². The lowest BCUT2D eigenvalue weighted by molar-refractivity contribution is 0.461. The summed E-state index contributed by atoms with van der Waals surface area (Å²) in [6, 6.07) is 6.14. The summed E-state index contributed by atoms with van der Waals surface area (Å²) in [5.41, 5.74) is 3.61. The van der Waals surface area contributed by atoms with Crippen LogP contribution in [0.25, 0.3) is 11.0 Å². The van der Waals surface area contributed by atoms with Crippen molar-refractivity contribution in [2.75, 3.05) is 5.32 Å². The third-order valence-corrected chi connectivity index (χ3v) is 4.64. The number of furan rings is 1. The van der Waals surface area contributed by atoms with Gasteiger partial charge in [0.05, 0.1) is 29.0 Å². The number of aromatic nitrogens is 2. The summed E-state index contributed by atoms with van der Waals surface area (Å²) in [7, 11) is 0. The third kappa shape index (κ3) is 2.19. The number of aromatic amines is 2. The number of fused-ring (bicyclic) bond motifs is 2. The van der Waals surface area contributed by atoms with Gasteiger partial charge in [-0.3, -0.25) is 0 Å². The summed E-state index contributed by atoms with van der Waals surface area (Å²) < 4.78 is 6.45. The first-order valence-corrected chi connectivity index (χ1v) is 7.74. The number of imidazole rings is 1. The Morgan fingerprint density at radius 1 is 1.29 bits per heavy atom. The molecule has 6 heteroatoms. The predicted octanol–water partition coefficient (Wildman–Crippen LogP) is 3.70. The number of halogens is 1. The summed E-state index contributed by atoms with van der Waals surface area (Å²) in [5.74, 6) is 1.08. The Hall–Kier alpha value is -1.95. The second-order valence-electron chi connectivity index (χ2n) is 5.35. The lowest BCUT2D eigenvalue weighted by Gasteiger charge is -2.24. The van der Waals surface area contributed by atoms with Crippen molar-refractivity contribution in [3.05, 3.63) is 50.7 Å². The summed E-state index contributed by atoms with van der Waals surface area (Å²) in [4.78, 5) is 16.9. The molecular weight excluding hydrogens is 334 g/mol. The topological polar surface area (TPSA) is 73.8 Å². The number of anilines is 1. The van der Waals surface area contributed by atoms with E-state index in [-0.39, 0.29) is 11.7 Å². The van der Waals surface area contributed by atoms with E-state index >= 15 is 0 Å². The number of hydrogen-bond acceptors (Lipinski definition) is 3. The van der Waals surface area contributed by atoms with Gasteiger partial charge in [0.15, 0.2) is 0 Å². The average Bonchev–Trinajstić information content (AvgIpc) is 3.05.